The molecule has 3 heterocycles. The lowest BCUT2D eigenvalue weighted by Crippen LogP contribution is -2.59. The summed E-state index contributed by atoms with van der Waals surface area (Å²) in [5.74, 6) is -5.96. The number of allylic oxidation sites excluding steroid dienone is 1. The van der Waals surface area contributed by atoms with Crippen molar-refractivity contribution >= 4 is 44.9 Å². The Labute approximate surface area is 339 Å². The highest BCUT2D eigenvalue weighted by Gasteiger charge is 2.62. The van der Waals surface area contributed by atoms with Crippen molar-refractivity contribution in [3.05, 3.63) is 35.8 Å². The minimum atomic E-state index is -5.13. The van der Waals surface area contributed by atoms with E-state index in [1.165, 1.54) is 0 Å². The molecule has 1 aromatic carbocycles. The van der Waals surface area contributed by atoms with Gasteiger partial charge in [-0.1, -0.05) is 32.4 Å². The molecule has 15 nitrogen and oxygen atoms in total. The zero-order chi connectivity index (χ0) is 43.2. The van der Waals surface area contributed by atoms with Crippen molar-refractivity contribution in [1.82, 2.24) is 30.2 Å². The molecular formula is C39H50F4N6O9S. The number of rotatable bonds is 8. The molecular weight excluding hydrogens is 805 g/mol. The molecule has 0 spiro atoms. The second-order valence-corrected chi connectivity index (χ2v) is 18.9. The van der Waals surface area contributed by atoms with Gasteiger partial charge in [0.25, 0.3) is 5.91 Å². The number of nitrogens with one attached hydrogen (secondary N) is 3. The summed E-state index contributed by atoms with van der Waals surface area (Å²) in [6.07, 6.45) is -1.27. The van der Waals surface area contributed by atoms with Crippen LogP contribution in [0.3, 0.4) is 0 Å². The molecule has 7 unspecified atom stereocenters. The first kappa shape index (κ1) is 43.8. The van der Waals surface area contributed by atoms with Gasteiger partial charge >= 0.3 is 12.3 Å². The zero-order valence-corrected chi connectivity index (χ0v) is 34.5. The van der Waals surface area contributed by atoms with Gasteiger partial charge in [0.15, 0.2) is 11.6 Å². The number of amides is 4. The van der Waals surface area contributed by atoms with Crippen molar-refractivity contribution in [1.29, 1.82) is 0 Å². The van der Waals surface area contributed by atoms with Gasteiger partial charge in [-0.3, -0.25) is 19.1 Å². The molecule has 59 heavy (non-hydrogen) atoms. The average molecular weight is 855 g/mol. The number of carbonyl (C=O) groups is 4. The van der Waals surface area contributed by atoms with Gasteiger partial charge in [0, 0.05) is 24.5 Å². The lowest BCUT2D eigenvalue weighted by Gasteiger charge is -2.34. The zero-order valence-electron chi connectivity index (χ0n) is 33.7. The number of hydrogen-bond acceptors (Lipinski definition) is 11. The Hall–Kier alpha value is -4.75. The molecule has 20 heteroatoms. The van der Waals surface area contributed by atoms with Crippen LogP contribution in [-0.2, 0) is 35.3 Å². The first-order chi connectivity index (χ1) is 27.5. The SMILES string of the molecule is CCC1CC(C)CCC=CC2CC2(C(=O)NS(=O)(=O)C2CC2)NC(=O)C2CC(Oc3nc4cc(OC)c(F)cc4nc3C(F)(F)F)CN2C(=O)C1NC(=O)OC(C)(C)C. The summed E-state index contributed by atoms with van der Waals surface area (Å²) >= 11 is 0. The minimum Gasteiger partial charge on any atom is -0.494 e. The third-order valence-corrected chi connectivity index (χ3v) is 12.9. The lowest BCUT2D eigenvalue weighted by atomic mass is 9.85. The molecule has 0 bridgehead atoms. The quantitative estimate of drug-likeness (QED) is 0.241. The second-order valence-electron chi connectivity index (χ2n) is 16.9. The van der Waals surface area contributed by atoms with Crippen LogP contribution in [0.2, 0.25) is 0 Å². The van der Waals surface area contributed by atoms with Crippen molar-refractivity contribution < 1.29 is 59.4 Å². The molecule has 7 atom stereocenters. The van der Waals surface area contributed by atoms with E-state index in [9.17, 15) is 45.2 Å². The van der Waals surface area contributed by atoms with Crippen LogP contribution in [0.25, 0.3) is 11.0 Å². The monoisotopic (exact) mass is 854 g/mol. The summed E-state index contributed by atoms with van der Waals surface area (Å²) in [5.41, 5.74) is -4.88. The van der Waals surface area contributed by atoms with E-state index < -0.39 is 122 Å². The van der Waals surface area contributed by atoms with Gasteiger partial charge < -0.3 is 29.7 Å². The van der Waals surface area contributed by atoms with Crippen LogP contribution >= 0.6 is 0 Å². The highest BCUT2D eigenvalue weighted by atomic mass is 32.2. The summed E-state index contributed by atoms with van der Waals surface area (Å²) in [6.45, 7) is 8.28. The molecule has 2 saturated carbocycles. The number of nitrogens with zero attached hydrogens (tertiary/aromatic N) is 3. The Balaban J connectivity index is 1.40. The Bertz CT molecular complexity index is 2130. The van der Waals surface area contributed by atoms with E-state index in [1.54, 1.807) is 26.8 Å². The Morgan fingerprint density at radius 3 is 2.39 bits per heavy atom. The van der Waals surface area contributed by atoms with Crippen molar-refractivity contribution in [2.75, 3.05) is 13.7 Å². The number of carbonyl (C=O) groups excluding carboxylic acids is 4. The van der Waals surface area contributed by atoms with E-state index in [1.807, 2.05) is 19.9 Å². The second kappa shape index (κ2) is 16.4. The van der Waals surface area contributed by atoms with Crippen molar-refractivity contribution in [2.45, 2.75) is 127 Å². The number of aromatic nitrogens is 2. The van der Waals surface area contributed by atoms with Gasteiger partial charge in [-0.2, -0.15) is 13.2 Å². The number of benzene rings is 1. The minimum absolute atomic E-state index is 0.0194. The molecule has 2 aliphatic heterocycles. The van der Waals surface area contributed by atoms with Crippen molar-refractivity contribution in [2.24, 2.45) is 17.8 Å². The number of sulfonamides is 1. The molecule has 4 aliphatic rings. The molecule has 324 valence electrons. The van der Waals surface area contributed by atoms with Crippen molar-refractivity contribution in [3.63, 3.8) is 0 Å². The van der Waals surface area contributed by atoms with Crippen LogP contribution in [0.5, 0.6) is 11.6 Å². The highest BCUT2D eigenvalue weighted by molar-refractivity contribution is 7.91. The molecule has 2 aromatic rings. The molecule has 0 radical (unpaired) electrons. The predicted octanol–water partition coefficient (Wildman–Crippen LogP) is 4.92. The Morgan fingerprint density at radius 2 is 1.76 bits per heavy atom. The maximum absolute atomic E-state index is 14.9. The number of fused-ring (bicyclic) bond motifs is 3. The van der Waals surface area contributed by atoms with Gasteiger partial charge in [0.1, 0.15) is 29.3 Å². The van der Waals surface area contributed by atoms with E-state index in [0.29, 0.717) is 38.5 Å². The largest absolute Gasteiger partial charge is 0.494 e. The normalized spacial score (nSPS) is 28.1. The summed E-state index contributed by atoms with van der Waals surface area (Å²) in [6, 6.07) is -0.966. The summed E-state index contributed by atoms with van der Waals surface area (Å²) in [5, 5.41) is 4.67. The van der Waals surface area contributed by atoms with E-state index in [-0.39, 0.29) is 23.6 Å². The number of hydrogen-bond donors (Lipinski definition) is 3. The predicted molar refractivity (Wildman–Crippen MR) is 204 cm³/mol. The van der Waals surface area contributed by atoms with E-state index in [2.05, 4.69) is 25.3 Å². The molecule has 4 amide bonds. The summed E-state index contributed by atoms with van der Waals surface area (Å²) in [4.78, 5) is 65.1. The molecule has 3 fully saturated rings. The van der Waals surface area contributed by atoms with Crippen LogP contribution in [0, 0.1) is 23.6 Å². The lowest BCUT2D eigenvalue weighted by molar-refractivity contribution is -0.143. The topological polar surface area (TPSA) is 195 Å². The molecule has 6 rings (SSSR count). The van der Waals surface area contributed by atoms with Crippen LogP contribution in [-0.4, -0.2) is 95.3 Å². The molecule has 2 aliphatic carbocycles. The maximum atomic E-state index is 14.9. The number of halogens is 4. The average Bonchev–Trinajstić information content (AvgIpc) is 4.06. The molecule has 3 N–H and O–H groups in total. The third kappa shape index (κ3) is 9.84. The summed E-state index contributed by atoms with van der Waals surface area (Å²) in [7, 11) is -2.87. The standard InChI is InChI=1S/C39H50F4N6O9S/c1-7-21-14-20(2)10-8-9-11-22-18-38(22,35(52)48-59(54,55)24-12-13-24)47-32(50)28-15-23(19-49(28)34(51)30(21)46-36(53)58-37(3,4)5)57-33-31(39(41,42)43)44-26-16-25(40)29(56-6)17-27(26)45-33/h9,11,16-17,20-24,28,30H,7-8,10,12-15,18-19H2,1-6H3,(H,46,53)(H,47,50)(H,48,52). The van der Waals surface area contributed by atoms with Gasteiger partial charge in [0.2, 0.25) is 33.4 Å². The van der Waals surface area contributed by atoms with Gasteiger partial charge in [-0.25, -0.2) is 27.6 Å². The van der Waals surface area contributed by atoms with Crippen LogP contribution in [0.1, 0.15) is 91.7 Å². The van der Waals surface area contributed by atoms with Crippen LogP contribution < -0.4 is 24.8 Å². The van der Waals surface area contributed by atoms with Gasteiger partial charge in [0.05, 0.1) is 29.9 Å². The number of alkyl carbamates (subject to hydrolysis) is 1. The van der Waals surface area contributed by atoms with Crippen LogP contribution in [0.15, 0.2) is 24.3 Å². The molecule has 1 aromatic heterocycles. The van der Waals surface area contributed by atoms with E-state index >= 15 is 0 Å². The first-order valence-corrected chi connectivity index (χ1v) is 21.2. The first-order valence-electron chi connectivity index (χ1n) is 19.7. The number of alkyl halides is 3. The third-order valence-electron chi connectivity index (χ3n) is 11.1. The van der Waals surface area contributed by atoms with E-state index in [0.717, 1.165) is 24.1 Å². The van der Waals surface area contributed by atoms with Crippen molar-refractivity contribution in [3.8, 4) is 11.6 Å². The Morgan fingerprint density at radius 1 is 1.07 bits per heavy atom. The van der Waals surface area contributed by atoms with Gasteiger partial charge in [-0.05, 0) is 71.1 Å². The summed E-state index contributed by atoms with van der Waals surface area (Å²) < 4.78 is 102. The maximum Gasteiger partial charge on any atom is 0.438 e. The molecule has 1 saturated heterocycles. The van der Waals surface area contributed by atoms with Gasteiger partial charge in [-0.15, -0.1) is 0 Å². The highest BCUT2D eigenvalue weighted by Crippen LogP contribution is 2.46. The number of methoxy groups -OCH3 is 1. The van der Waals surface area contributed by atoms with Crippen LogP contribution in [0.4, 0.5) is 22.4 Å². The fraction of sp³-hybridized carbons (Fsp3) is 0.641. The van der Waals surface area contributed by atoms with E-state index in [4.69, 9.17) is 14.2 Å². The fourth-order valence-corrected chi connectivity index (χ4v) is 9.14. The Kier molecular flexibility index (Phi) is 12.2. The fourth-order valence-electron chi connectivity index (χ4n) is 7.77. The smallest absolute Gasteiger partial charge is 0.438 e. The number of ether oxygens (including phenoxy) is 3.